The highest BCUT2D eigenvalue weighted by Gasteiger charge is 2.04. The lowest BCUT2D eigenvalue weighted by molar-refractivity contribution is -0.115. The Morgan fingerprint density at radius 1 is 1.30 bits per heavy atom. The molecule has 124 valence electrons. The Morgan fingerprint density at radius 3 is 2.83 bits per heavy atom. The van der Waals surface area contributed by atoms with Crippen molar-refractivity contribution in [1.29, 1.82) is 0 Å². The molecule has 0 fully saturated rings. The van der Waals surface area contributed by atoms with Crippen molar-refractivity contribution in [1.82, 2.24) is 15.6 Å². The number of aromatic nitrogens is 1. The van der Waals surface area contributed by atoms with Gasteiger partial charge in [-0.25, -0.2) is 0 Å². The maximum absolute atomic E-state index is 11.8. The highest BCUT2D eigenvalue weighted by Crippen LogP contribution is 2.07. The number of hydrogen-bond donors (Lipinski definition) is 3. The summed E-state index contributed by atoms with van der Waals surface area (Å²) in [6.45, 7) is 0.915. The van der Waals surface area contributed by atoms with Crippen LogP contribution >= 0.6 is 35.3 Å². The Balaban J connectivity index is 0.00000264. The van der Waals surface area contributed by atoms with E-state index < -0.39 is 0 Å². The molecular weight excluding hydrogens is 425 g/mol. The minimum Gasteiger partial charge on any atom is -0.356 e. The summed E-state index contributed by atoms with van der Waals surface area (Å²) in [7, 11) is 1.68. The van der Waals surface area contributed by atoms with Gasteiger partial charge in [0.2, 0.25) is 5.91 Å². The van der Waals surface area contributed by atoms with Gasteiger partial charge in [-0.1, -0.05) is 6.07 Å². The molecule has 2 aromatic heterocycles. The molecule has 1 amide bonds. The van der Waals surface area contributed by atoms with Crippen LogP contribution in [0.5, 0.6) is 0 Å². The number of amides is 1. The van der Waals surface area contributed by atoms with Crippen LogP contribution in [0.3, 0.4) is 0 Å². The van der Waals surface area contributed by atoms with E-state index in [9.17, 15) is 4.79 Å². The summed E-state index contributed by atoms with van der Waals surface area (Å²) in [6.07, 6.45) is 4.19. The summed E-state index contributed by atoms with van der Waals surface area (Å²) in [5.41, 5.74) is 0.676. The van der Waals surface area contributed by atoms with E-state index in [1.165, 1.54) is 4.88 Å². The lowest BCUT2D eigenvalue weighted by Gasteiger charge is -2.11. The summed E-state index contributed by atoms with van der Waals surface area (Å²) < 4.78 is 0. The summed E-state index contributed by atoms with van der Waals surface area (Å²) >= 11 is 1.73. The molecule has 2 aromatic rings. The monoisotopic (exact) mass is 445 g/mol. The van der Waals surface area contributed by atoms with Crippen LogP contribution in [-0.2, 0) is 11.2 Å². The number of rotatable bonds is 6. The first-order valence-corrected chi connectivity index (χ1v) is 7.82. The number of carbonyl (C=O) groups excluding carboxylic acids is 1. The van der Waals surface area contributed by atoms with Gasteiger partial charge in [0.15, 0.2) is 5.96 Å². The predicted octanol–water partition coefficient (Wildman–Crippen LogP) is 2.11. The summed E-state index contributed by atoms with van der Waals surface area (Å²) in [6, 6.07) is 7.70. The first kappa shape index (κ1) is 19.4. The Labute approximate surface area is 156 Å². The molecule has 0 bridgehead atoms. The average Bonchev–Trinajstić information content (AvgIpc) is 3.05. The maximum atomic E-state index is 11.8. The van der Waals surface area contributed by atoms with Gasteiger partial charge in [-0.15, -0.1) is 35.3 Å². The topological polar surface area (TPSA) is 78.4 Å². The molecule has 0 spiro atoms. The quantitative estimate of drug-likeness (QED) is 0.362. The predicted molar refractivity (Wildman–Crippen MR) is 106 cm³/mol. The zero-order valence-corrected chi connectivity index (χ0v) is 15.9. The minimum atomic E-state index is -0.144. The number of guanidine groups is 1. The fourth-order valence-electron chi connectivity index (χ4n) is 1.79. The largest absolute Gasteiger partial charge is 0.356 e. The molecule has 0 unspecified atom stereocenters. The van der Waals surface area contributed by atoms with Crippen LogP contribution in [0, 0.1) is 0 Å². The summed E-state index contributed by atoms with van der Waals surface area (Å²) in [5, 5.41) is 11.0. The Bertz CT molecular complexity index is 604. The van der Waals surface area contributed by atoms with Gasteiger partial charge in [0.25, 0.3) is 0 Å². The standard InChI is InChI=1S/C15H19N5OS.HI/c1-16-15(18-8-6-13-5-3-9-22-13)19-11-14(21)20-12-4-2-7-17-10-12;/h2-5,7,9-10H,6,8,11H2,1H3,(H,20,21)(H2,16,18,19);1H. The first-order valence-electron chi connectivity index (χ1n) is 6.94. The van der Waals surface area contributed by atoms with E-state index in [0.717, 1.165) is 13.0 Å². The van der Waals surface area contributed by atoms with Crippen molar-refractivity contribution in [3.05, 3.63) is 46.9 Å². The number of hydrogen-bond acceptors (Lipinski definition) is 4. The third kappa shape index (κ3) is 7.42. The molecule has 6 nitrogen and oxygen atoms in total. The second-order valence-electron chi connectivity index (χ2n) is 4.47. The van der Waals surface area contributed by atoms with Gasteiger partial charge in [0.05, 0.1) is 18.4 Å². The number of anilines is 1. The molecule has 0 aliphatic carbocycles. The molecule has 0 aliphatic rings. The highest BCUT2D eigenvalue weighted by atomic mass is 127. The number of aliphatic imine (C=N–C) groups is 1. The van der Waals surface area contributed by atoms with Gasteiger partial charge in [-0.2, -0.15) is 0 Å². The van der Waals surface area contributed by atoms with Crippen molar-refractivity contribution in [2.45, 2.75) is 6.42 Å². The first-order chi connectivity index (χ1) is 10.8. The van der Waals surface area contributed by atoms with E-state index in [1.54, 1.807) is 42.9 Å². The highest BCUT2D eigenvalue weighted by molar-refractivity contribution is 14.0. The third-order valence-electron chi connectivity index (χ3n) is 2.83. The Morgan fingerprint density at radius 2 is 2.17 bits per heavy atom. The fraction of sp³-hybridized carbons (Fsp3) is 0.267. The van der Waals surface area contributed by atoms with E-state index in [0.29, 0.717) is 11.6 Å². The second-order valence-corrected chi connectivity index (χ2v) is 5.50. The van der Waals surface area contributed by atoms with Gasteiger partial charge in [0.1, 0.15) is 0 Å². The second kappa shape index (κ2) is 10.9. The van der Waals surface area contributed by atoms with E-state index >= 15 is 0 Å². The number of nitrogens with one attached hydrogen (secondary N) is 3. The molecule has 0 atom stereocenters. The number of nitrogens with zero attached hydrogens (tertiary/aromatic N) is 2. The van der Waals surface area contributed by atoms with E-state index in [-0.39, 0.29) is 36.4 Å². The third-order valence-corrected chi connectivity index (χ3v) is 3.77. The van der Waals surface area contributed by atoms with Gasteiger partial charge >= 0.3 is 0 Å². The lowest BCUT2D eigenvalue weighted by atomic mass is 10.3. The fourth-order valence-corrected chi connectivity index (χ4v) is 2.49. The molecule has 0 saturated carbocycles. The Kier molecular flexibility index (Phi) is 9.22. The zero-order valence-electron chi connectivity index (χ0n) is 12.8. The summed E-state index contributed by atoms with van der Waals surface area (Å²) in [5.74, 6) is 0.465. The Hall–Kier alpha value is -1.68. The molecular formula is C15H20IN5OS. The van der Waals surface area contributed by atoms with Crippen molar-refractivity contribution >= 4 is 52.9 Å². The number of thiophene rings is 1. The molecule has 0 radical (unpaired) electrons. The van der Waals surface area contributed by atoms with Crippen LogP contribution in [-0.4, -0.2) is 37.0 Å². The molecule has 8 heteroatoms. The molecule has 0 aromatic carbocycles. The van der Waals surface area contributed by atoms with E-state index in [2.05, 4.69) is 37.4 Å². The number of halogens is 1. The van der Waals surface area contributed by atoms with Crippen LogP contribution in [0.15, 0.2) is 47.0 Å². The SMILES string of the molecule is CN=C(NCCc1cccs1)NCC(=O)Nc1cccnc1.I. The normalized spacial score (nSPS) is 10.6. The lowest BCUT2D eigenvalue weighted by Crippen LogP contribution is -2.42. The number of pyridine rings is 1. The van der Waals surface area contributed by atoms with E-state index in [4.69, 9.17) is 0 Å². The van der Waals surface area contributed by atoms with Crippen LogP contribution in [0.4, 0.5) is 5.69 Å². The van der Waals surface area contributed by atoms with Crippen molar-refractivity contribution in [2.24, 2.45) is 4.99 Å². The van der Waals surface area contributed by atoms with Crippen molar-refractivity contribution in [3.63, 3.8) is 0 Å². The average molecular weight is 445 g/mol. The molecule has 0 saturated heterocycles. The van der Waals surface area contributed by atoms with Crippen LogP contribution < -0.4 is 16.0 Å². The maximum Gasteiger partial charge on any atom is 0.243 e. The molecule has 23 heavy (non-hydrogen) atoms. The number of carbonyl (C=O) groups is 1. The van der Waals surface area contributed by atoms with E-state index in [1.807, 2.05) is 6.07 Å². The van der Waals surface area contributed by atoms with Gasteiger partial charge in [0, 0.05) is 24.7 Å². The molecule has 2 heterocycles. The summed E-state index contributed by atoms with van der Waals surface area (Å²) in [4.78, 5) is 21.2. The van der Waals surface area contributed by atoms with Crippen molar-refractivity contribution < 1.29 is 4.79 Å². The molecule has 3 N–H and O–H groups in total. The van der Waals surface area contributed by atoms with Crippen molar-refractivity contribution in [3.8, 4) is 0 Å². The smallest absolute Gasteiger partial charge is 0.243 e. The van der Waals surface area contributed by atoms with Crippen molar-refractivity contribution in [2.75, 3.05) is 25.5 Å². The van der Waals surface area contributed by atoms with Crippen LogP contribution in [0.2, 0.25) is 0 Å². The van der Waals surface area contributed by atoms with Gasteiger partial charge in [-0.3, -0.25) is 14.8 Å². The minimum absolute atomic E-state index is 0. The van der Waals surface area contributed by atoms with Gasteiger partial charge < -0.3 is 16.0 Å². The van der Waals surface area contributed by atoms with Gasteiger partial charge in [-0.05, 0) is 30.0 Å². The van der Waals surface area contributed by atoms with Crippen LogP contribution in [0.25, 0.3) is 0 Å². The zero-order chi connectivity index (χ0) is 15.6. The molecule has 2 rings (SSSR count). The molecule has 0 aliphatic heterocycles. The van der Waals surface area contributed by atoms with Crippen LogP contribution in [0.1, 0.15) is 4.88 Å².